The first-order valence-corrected chi connectivity index (χ1v) is 8.67. The van der Waals surface area contributed by atoms with Crippen LogP contribution in [0.15, 0.2) is 58.4 Å². The van der Waals surface area contributed by atoms with Crippen molar-refractivity contribution in [2.24, 2.45) is 4.99 Å². The van der Waals surface area contributed by atoms with Gasteiger partial charge in [-0.15, -0.1) is 0 Å². The first kappa shape index (κ1) is 16.1. The lowest BCUT2D eigenvalue weighted by Crippen LogP contribution is -2.25. The van der Waals surface area contributed by atoms with E-state index in [0.717, 1.165) is 12.0 Å². The second-order valence-corrected chi connectivity index (χ2v) is 7.42. The topological polar surface area (TPSA) is 98.9 Å². The smallest absolute Gasteiger partial charge is 0.276 e. The van der Waals surface area contributed by atoms with Crippen LogP contribution < -0.4 is 0 Å². The fourth-order valence-electron chi connectivity index (χ4n) is 2.54. The Bertz CT molecular complexity index is 906. The van der Waals surface area contributed by atoms with Crippen molar-refractivity contribution in [1.29, 1.82) is 0 Å². The third-order valence-corrected chi connectivity index (χ3v) is 5.72. The fourth-order valence-corrected chi connectivity index (χ4v) is 4.08. The van der Waals surface area contributed by atoms with E-state index in [1.54, 1.807) is 18.2 Å². The van der Waals surface area contributed by atoms with Gasteiger partial charge in [0.1, 0.15) is 0 Å². The van der Waals surface area contributed by atoms with Crippen molar-refractivity contribution in [3.05, 3.63) is 69.8 Å². The lowest BCUT2D eigenvalue weighted by Gasteiger charge is -2.18. The quantitative estimate of drug-likeness (QED) is 0.626. The van der Waals surface area contributed by atoms with Gasteiger partial charge in [0, 0.05) is 6.07 Å². The number of ether oxygens (including phenoxy) is 1. The lowest BCUT2D eigenvalue weighted by molar-refractivity contribution is -0.386. The van der Waals surface area contributed by atoms with Crippen LogP contribution in [0.3, 0.4) is 0 Å². The molecule has 3 rings (SSSR count). The van der Waals surface area contributed by atoms with Crippen LogP contribution in [0.25, 0.3) is 0 Å². The van der Waals surface area contributed by atoms with Crippen LogP contribution in [0, 0.1) is 17.0 Å². The number of nitro benzene ring substituents is 1. The molecule has 0 unspecified atom stereocenters. The monoisotopic (exact) mass is 346 g/mol. The highest BCUT2D eigenvalue weighted by molar-refractivity contribution is 7.92. The number of nitro groups is 1. The van der Waals surface area contributed by atoms with Crippen molar-refractivity contribution in [2.75, 3.05) is 0 Å². The average Bonchev–Trinajstić information content (AvgIpc) is 3.05. The summed E-state index contributed by atoms with van der Waals surface area (Å²) in [5.41, 5.74) is 0.910. The molecule has 2 aromatic carbocycles. The second kappa shape index (κ2) is 6.04. The van der Waals surface area contributed by atoms with Crippen molar-refractivity contribution >= 4 is 21.9 Å². The molecule has 0 amide bonds. The molecule has 124 valence electrons. The van der Waals surface area contributed by atoms with E-state index in [1.165, 1.54) is 30.3 Å². The summed E-state index contributed by atoms with van der Waals surface area (Å²) in [7, 11) is -3.84. The largest absolute Gasteiger partial charge is 0.472 e. The Labute approximate surface area is 138 Å². The number of aryl methyl sites for hydroxylation is 1. The van der Waals surface area contributed by atoms with E-state index >= 15 is 0 Å². The van der Waals surface area contributed by atoms with Crippen molar-refractivity contribution in [3.63, 3.8) is 0 Å². The van der Waals surface area contributed by atoms with Gasteiger partial charge in [0.2, 0.25) is 9.84 Å². The highest BCUT2D eigenvalue weighted by Gasteiger charge is 2.42. The zero-order valence-corrected chi connectivity index (χ0v) is 13.5. The first-order chi connectivity index (χ1) is 11.4. The van der Waals surface area contributed by atoms with Crippen molar-refractivity contribution in [2.45, 2.75) is 23.3 Å². The van der Waals surface area contributed by atoms with E-state index < -0.39 is 26.2 Å². The summed E-state index contributed by atoms with van der Waals surface area (Å²) >= 11 is 0. The molecule has 0 bridgehead atoms. The summed E-state index contributed by atoms with van der Waals surface area (Å²) < 4.78 is 31.0. The number of rotatable bonds is 4. The maximum atomic E-state index is 12.8. The Morgan fingerprint density at radius 2 is 1.79 bits per heavy atom. The molecule has 1 aliphatic heterocycles. The molecule has 2 atom stereocenters. The van der Waals surface area contributed by atoms with Crippen molar-refractivity contribution in [3.8, 4) is 0 Å². The molecule has 0 N–H and O–H groups in total. The third-order valence-electron chi connectivity index (χ3n) is 3.78. The molecular weight excluding hydrogens is 332 g/mol. The van der Waals surface area contributed by atoms with Crippen LogP contribution in [0.1, 0.15) is 17.2 Å². The van der Waals surface area contributed by atoms with E-state index in [2.05, 4.69) is 4.99 Å². The number of sulfone groups is 1. The van der Waals surface area contributed by atoms with E-state index in [0.29, 0.717) is 0 Å². The molecule has 1 aliphatic rings. The maximum Gasteiger partial charge on any atom is 0.276 e. The highest BCUT2D eigenvalue weighted by atomic mass is 32.2. The molecule has 0 aromatic heterocycles. The molecule has 1 heterocycles. The predicted molar refractivity (Wildman–Crippen MR) is 87.6 cm³/mol. The summed E-state index contributed by atoms with van der Waals surface area (Å²) in [6.45, 7) is 1.85. The normalized spacial score (nSPS) is 19.9. The molecule has 0 radical (unpaired) electrons. The minimum atomic E-state index is -3.84. The molecule has 0 saturated heterocycles. The number of hydrogen-bond acceptors (Lipinski definition) is 6. The van der Waals surface area contributed by atoms with Crippen molar-refractivity contribution in [1.82, 2.24) is 0 Å². The third kappa shape index (κ3) is 2.76. The molecule has 0 fully saturated rings. The molecule has 0 saturated carbocycles. The van der Waals surface area contributed by atoms with E-state index in [1.807, 2.05) is 6.92 Å². The summed E-state index contributed by atoms with van der Waals surface area (Å²) in [6, 6.07) is 12.3. The molecule has 0 spiro atoms. The number of para-hydroxylation sites is 1. The van der Waals surface area contributed by atoms with Crippen LogP contribution in [0.2, 0.25) is 0 Å². The van der Waals surface area contributed by atoms with Gasteiger partial charge in [-0.3, -0.25) is 10.1 Å². The minimum absolute atomic E-state index is 0.101. The van der Waals surface area contributed by atoms with E-state index in [4.69, 9.17) is 4.74 Å². The summed E-state index contributed by atoms with van der Waals surface area (Å²) in [4.78, 5) is 14.6. The van der Waals surface area contributed by atoms with Gasteiger partial charge in [0.25, 0.3) is 5.69 Å². The Balaban J connectivity index is 2.04. The molecule has 0 aliphatic carbocycles. The van der Waals surface area contributed by atoms with Gasteiger partial charge in [-0.1, -0.05) is 29.8 Å². The molecule has 2 aromatic rings. The number of aliphatic imine (C=N–C) groups is 1. The Morgan fingerprint density at radius 3 is 2.46 bits per heavy atom. The summed E-state index contributed by atoms with van der Waals surface area (Å²) in [5.74, 6) is 0. The van der Waals surface area contributed by atoms with Gasteiger partial charge in [0.15, 0.2) is 17.9 Å². The second-order valence-electron chi connectivity index (χ2n) is 5.38. The van der Waals surface area contributed by atoms with E-state index in [-0.39, 0.29) is 16.1 Å². The Kier molecular flexibility index (Phi) is 4.06. The number of nitrogens with zero attached hydrogens (tertiary/aromatic N) is 2. The van der Waals surface area contributed by atoms with E-state index in [9.17, 15) is 18.5 Å². The lowest BCUT2D eigenvalue weighted by atomic mass is 10.1. The van der Waals surface area contributed by atoms with Gasteiger partial charge in [0.05, 0.1) is 15.4 Å². The predicted octanol–water partition coefficient (Wildman–Crippen LogP) is 2.80. The molecule has 7 nitrogen and oxygen atoms in total. The Hall–Kier alpha value is -2.74. The Morgan fingerprint density at radius 1 is 1.12 bits per heavy atom. The fraction of sp³-hybridized carbons (Fsp3) is 0.188. The van der Waals surface area contributed by atoms with Crippen LogP contribution in [0.4, 0.5) is 5.69 Å². The van der Waals surface area contributed by atoms with Gasteiger partial charge in [-0.25, -0.2) is 13.4 Å². The van der Waals surface area contributed by atoms with Crippen LogP contribution >= 0.6 is 0 Å². The summed E-state index contributed by atoms with van der Waals surface area (Å²) in [6.07, 6.45) is -0.0180. The zero-order valence-electron chi connectivity index (χ0n) is 12.7. The van der Waals surface area contributed by atoms with Crippen LogP contribution in [-0.4, -0.2) is 25.1 Å². The van der Waals surface area contributed by atoms with Gasteiger partial charge < -0.3 is 4.74 Å². The molecule has 8 heteroatoms. The van der Waals surface area contributed by atoms with Gasteiger partial charge in [-0.05, 0) is 25.1 Å². The molecular formula is C16H14N2O5S. The SMILES string of the molecule is Cc1ccc(S(=O)(=O)[C@H]2N=CO[C@@H]2c2ccccc2[N+](=O)[O-])cc1. The van der Waals surface area contributed by atoms with Gasteiger partial charge >= 0.3 is 0 Å². The average molecular weight is 346 g/mol. The zero-order chi connectivity index (χ0) is 17.3. The maximum absolute atomic E-state index is 12.8. The standard InChI is InChI=1S/C16H14N2O5S/c1-11-6-8-12(9-7-11)24(21,22)16-15(23-10-17-16)13-4-2-3-5-14(13)18(19)20/h2-10,15-16H,1H3/t15-,16-/m1/s1. The van der Waals surface area contributed by atoms with Crippen LogP contribution in [0.5, 0.6) is 0 Å². The van der Waals surface area contributed by atoms with Gasteiger partial charge in [-0.2, -0.15) is 0 Å². The summed E-state index contributed by atoms with van der Waals surface area (Å²) in [5, 5.41) is 9.94. The van der Waals surface area contributed by atoms with Crippen LogP contribution in [-0.2, 0) is 14.6 Å². The minimum Gasteiger partial charge on any atom is -0.472 e. The molecule has 24 heavy (non-hydrogen) atoms. The number of benzene rings is 2. The number of hydrogen-bond donors (Lipinski definition) is 0. The van der Waals surface area contributed by atoms with Crippen molar-refractivity contribution < 1.29 is 18.1 Å². The highest BCUT2D eigenvalue weighted by Crippen LogP contribution is 2.37. The first-order valence-electron chi connectivity index (χ1n) is 7.12.